The molecule has 3 N–H and O–H groups in total. The summed E-state index contributed by atoms with van der Waals surface area (Å²) in [5, 5.41) is 8.54. The van der Waals surface area contributed by atoms with Gasteiger partial charge in [0, 0.05) is 26.6 Å². The Labute approximate surface area is 107 Å². The summed E-state index contributed by atoms with van der Waals surface area (Å²) >= 11 is 0. The molecule has 1 fully saturated rings. The molecule has 1 aliphatic heterocycles. The maximum atomic E-state index is 11.9. The molecule has 0 bridgehead atoms. The SMILES string of the molecule is CN(CC1CCCCO1)C(=O)C(N)CCC(=O)O. The Morgan fingerprint density at radius 2 is 2.22 bits per heavy atom. The summed E-state index contributed by atoms with van der Waals surface area (Å²) in [6.07, 6.45) is 3.33. The molecule has 0 aliphatic carbocycles. The summed E-state index contributed by atoms with van der Waals surface area (Å²) in [6, 6.07) is -0.741. The number of carboxylic acids is 1. The van der Waals surface area contributed by atoms with Crippen LogP contribution in [0.5, 0.6) is 0 Å². The molecule has 1 heterocycles. The van der Waals surface area contributed by atoms with E-state index in [-0.39, 0.29) is 24.9 Å². The van der Waals surface area contributed by atoms with Crippen molar-refractivity contribution in [3.05, 3.63) is 0 Å². The fourth-order valence-electron chi connectivity index (χ4n) is 2.03. The highest BCUT2D eigenvalue weighted by atomic mass is 16.5. The number of ether oxygens (including phenoxy) is 1. The Balaban J connectivity index is 2.32. The van der Waals surface area contributed by atoms with Gasteiger partial charge in [-0.25, -0.2) is 0 Å². The van der Waals surface area contributed by atoms with Crippen molar-refractivity contribution in [3.63, 3.8) is 0 Å². The first-order chi connectivity index (χ1) is 8.50. The standard InChI is InChI=1S/C12H22N2O4/c1-14(8-9-4-2-3-7-18-9)12(17)10(13)5-6-11(15)16/h9-10H,2-8,13H2,1H3,(H,15,16). The van der Waals surface area contributed by atoms with Crippen LogP contribution < -0.4 is 5.73 Å². The van der Waals surface area contributed by atoms with Crippen molar-refractivity contribution in [2.45, 2.75) is 44.2 Å². The number of hydrogen-bond donors (Lipinski definition) is 2. The van der Waals surface area contributed by atoms with Crippen molar-refractivity contribution in [2.24, 2.45) is 5.73 Å². The number of carboxylic acid groups (broad SMARTS) is 1. The van der Waals surface area contributed by atoms with Gasteiger partial charge in [-0.05, 0) is 25.7 Å². The number of amides is 1. The van der Waals surface area contributed by atoms with Gasteiger partial charge < -0.3 is 20.5 Å². The van der Waals surface area contributed by atoms with Crippen molar-refractivity contribution in [1.29, 1.82) is 0 Å². The second-order valence-electron chi connectivity index (χ2n) is 4.75. The van der Waals surface area contributed by atoms with Crippen LogP contribution in [0.2, 0.25) is 0 Å². The van der Waals surface area contributed by atoms with Gasteiger partial charge in [-0.2, -0.15) is 0 Å². The smallest absolute Gasteiger partial charge is 0.303 e. The van der Waals surface area contributed by atoms with E-state index >= 15 is 0 Å². The van der Waals surface area contributed by atoms with Crippen molar-refractivity contribution in [3.8, 4) is 0 Å². The first kappa shape index (κ1) is 14.9. The summed E-state index contributed by atoms with van der Waals surface area (Å²) < 4.78 is 5.55. The van der Waals surface area contributed by atoms with Crippen LogP contribution in [0.3, 0.4) is 0 Å². The van der Waals surface area contributed by atoms with Gasteiger partial charge in [-0.1, -0.05) is 0 Å². The van der Waals surface area contributed by atoms with E-state index in [1.54, 1.807) is 11.9 Å². The highest BCUT2D eigenvalue weighted by Gasteiger charge is 2.22. The van der Waals surface area contributed by atoms with E-state index in [1.807, 2.05) is 0 Å². The van der Waals surface area contributed by atoms with Crippen molar-refractivity contribution in [1.82, 2.24) is 4.90 Å². The van der Waals surface area contributed by atoms with E-state index in [4.69, 9.17) is 15.6 Å². The van der Waals surface area contributed by atoms with Gasteiger partial charge in [-0.3, -0.25) is 9.59 Å². The lowest BCUT2D eigenvalue weighted by molar-refractivity contribution is -0.138. The van der Waals surface area contributed by atoms with Gasteiger partial charge >= 0.3 is 5.97 Å². The Morgan fingerprint density at radius 1 is 1.50 bits per heavy atom. The quantitative estimate of drug-likeness (QED) is 0.710. The van der Waals surface area contributed by atoms with E-state index in [9.17, 15) is 9.59 Å². The molecule has 1 amide bonds. The molecule has 2 unspecified atom stereocenters. The van der Waals surface area contributed by atoms with Crippen molar-refractivity contribution in [2.75, 3.05) is 20.2 Å². The fourth-order valence-corrected chi connectivity index (χ4v) is 2.03. The third-order valence-corrected chi connectivity index (χ3v) is 3.11. The lowest BCUT2D eigenvalue weighted by Crippen LogP contribution is -2.45. The zero-order valence-corrected chi connectivity index (χ0v) is 10.8. The molecule has 1 saturated heterocycles. The van der Waals surface area contributed by atoms with Crippen LogP contribution in [-0.2, 0) is 14.3 Å². The zero-order chi connectivity index (χ0) is 13.5. The molecule has 0 aromatic heterocycles. The normalized spacial score (nSPS) is 21.3. The molecule has 0 spiro atoms. The van der Waals surface area contributed by atoms with Crippen LogP contribution in [-0.4, -0.2) is 54.2 Å². The van der Waals surface area contributed by atoms with Gasteiger partial charge in [-0.15, -0.1) is 0 Å². The molecular formula is C12H22N2O4. The second kappa shape index (κ2) is 7.33. The predicted molar refractivity (Wildman–Crippen MR) is 66.1 cm³/mol. The molecule has 0 aromatic rings. The Bertz CT molecular complexity index is 290. The van der Waals surface area contributed by atoms with E-state index in [0.717, 1.165) is 25.9 Å². The number of carbonyl (C=O) groups excluding carboxylic acids is 1. The third-order valence-electron chi connectivity index (χ3n) is 3.11. The monoisotopic (exact) mass is 258 g/mol. The second-order valence-corrected chi connectivity index (χ2v) is 4.75. The Kier molecular flexibility index (Phi) is 6.07. The summed E-state index contributed by atoms with van der Waals surface area (Å²) in [6.45, 7) is 1.28. The molecule has 0 saturated carbocycles. The summed E-state index contributed by atoms with van der Waals surface area (Å²) in [5.74, 6) is -1.15. The minimum atomic E-state index is -0.934. The van der Waals surface area contributed by atoms with E-state index < -0.39 is 12.0 Å². The number of nitrogens with two attached hydrogens (primary N) is 1. The van der Waals surface area contributed by atoms with Crippen LogP contribution >= 0.6 is 0 Å². The minimum Gasteiger partial charge on any atom is -0.481 e. The number of nitrogens with zero attached hydrogens (tertiary/aromatic N) is 1. The van der Waals surface area contributed by atoms with Crippen LogP contribution in [0.15, 0.2) is 0 Å². The summed E-state index contributed by atoms with van der Waals surface area (Å²) in [7, 11) is 1.68. The molecule has 0 aromatic carbocycles. The largest absolute Gasteiger partial charge is 0.481 e. The number of aliphatic carboxylic acids is 1. The van der Waals surface area contributed by atoms with Crippen LogP contribution in [0.1, 0.15) is 32.1 Å². The molecular weight excluding hydrogens is 236 g/mol. The Hall–Kier alpha value is -1.14. The molecule has 104 valence electrons. The van der Waals surface area contributed by atoms with Crippen LogP contribution in [0, 0.1) is 0 Å². The topological polar surface area (TPSA) is 92.9 Å². The Morgan fingerprint density at radius 3 is 2.78 bits per heavy atom. The molecule has 18 heavy (non-hydrogen) atoms. The van der Waals surface area contributed by atoms with Gasteiger partial charge in [0.15, 0.2) is 0 Å². The lowest BCUT2D eigenvalue weighted by Gasteiger charge is -2.28. The molecule has 6 nitrogen and oxygen atoms in total. The lowest BCUT2D eigenvalue weighted by atomic mass is 10.1. The molecule has 0 radical (unpaired) electrons. The van der Waals surface area contributed by atoms with E-state index in [0.29, 0.717) is 6.54 Å². The number of carbonyl (C=O) groups is 2. The number of hydrogen-bond acceptors (Lipinski definition) is 4. The van der Waals surface area contributed by atoms with Gasteiger partial charge in [0.2, 0.25) is 5.91 Å². The van der Waals surface area contributed by atoms with Crippen molar-refractivity contribution < 1.29 is 19.4 Å². The zero-order valence-electron chi connectivity index (χ0n) is 10.8. The summed E-state index contributed by atoms with van der Waals surface area (Å²) in [5.41, 5.74) is 5.68. The number of likely N-dealkylation sites (N-methyl/N-ethyl adjacent to an activating group) is 1. The van der Waals surface area contributed by atoms with Crippen LogP contribution in [0.25, 0.3) is 0 Å². The van der Waals surface area contributed by atoms with E-state index in [2.05, 4.69) is 0 Å². The first-order valence-corrected chi connectivity index (χ1v) is 6.34. The predicted octanol–water partition coefficient (Wildman–Crippen LogP) is 0.206. The fraction of sp³-hybridized carbons (Fsp3) is 0.833. The van der Waals surface area contributed by atoms with Gasteiger partial charge in [0.25, 0.3) is 0 Å². The molecule has 2 atom stereocenters. The van der Waals surface area contributed by atoms with Gasteiger partial charge in [0.05, 0.1) is 12.1 Å². The summed E-state index contributed by atoms with van der Waals surface area (Å²) in [4.78, 5) is 23.8. The highest BCUT2D eigenvalue weighted by molar-refractivity contribution is 5.82. The number of rotatable bonds is 6. The minimum absolute atomic E-state index is 0.0827. The molecule has 1 rings (SSSR count). The maximum Gasteiger partial charge on any atom is 0.303 e. The van der Waals surface area contributed by atoms with Crippen molar-refractivity contribution >= 4 is 11.9 Å². The maximum absolute atomic E-state index is 11.9. The average molecular weight is 258 g/mol. The average Bonchev–Trinajstić information content (AvgIpc) is 2.36. The highest BCUT2D eigenvalue weighted by Crippen LogP contribution is 2.13. The molecule has 6 heteroatoms. The van der Waals surface area contributed by atoms with E-state index in [1.165, 1.54) is 0 Å². The van der Waals surface area contributed by atoms with Crippen LogP contribution in [0.4, 0.5) is 0 Å². The van der Waals surface area contributed by atoms with Gasteiger partial charge in [0.1, 0.15) is 0 Å². The first-order valence-electron chi connectivity index (χ1n) is 6.34. The third kappa shape index (κ3) is 5.01. The molecule has 1 aliphatic rings.